The van der Waals surface area contributed by atoms with Crippen LogP contribution in [0.3, 0.4) is 0 Å². The van der Waals surface area contributed by atoms with Crippen molar-refractivity contribution in [3.63, 3.8) is 0 Å². The van der Waals surface area contributed by atoms with Gasteiger partial charge in [-0.1, -0.05) is 18.2 Å². The molecule has 0 radical (unpaired) electrons. The van der Waals surface area contributed by atoms with Gasteiger partial charge in [0.1, 0.15) is 5.82 Å². The first kappa shape index (κ1) is 13.9. The van der Waals surface area contributed by atoms with Gasteiger partial charge < -0.3 is 5.32 Å². The molecule has 0 spiro atoms. The molecule has 2 aliphatic rings. The minimum atomic E-state index is -0.271. The number of carbonyl (C=O) groups is 1. The SMILES string of the molecule is O=C(NCC1(c2ccc(F)cc2)CC1)C1(c2cccs2)CC1. The maximum atomic E-state index is 13.1. The largest absolute Gasteiger partial charge is 0.354 e. The van der Waals surface area contributed by atoms with Gasteiger partial charge >= 0.3 is 0 Å². The molecular weight excluding hydrogens is 297 g/mol. The highest BCUT2D eigenvalue weighted by Crippen LogP contribution is 2.51. The van der Waals surface area contributed by atoms with Crippen LogP contribution in [0.4, 0.5) is 4.39 Å². The van der Waals surface area contributed by atoms with Gasteiger partial charge in [0, 0.05) is 16.8 Å². The van der Waals surface area contributed by atoms with Crippen LogP contribution in [0.15, 0.2) is 41.8 Å². The topological polar surface area (TPSA) is 29.1 Å². The van der Waals surface area contributed by atoms with Crippen LogP contribution < -0.4 is 5.32 Å². The minimum Gasteiger partial charge on any atom is -0.354 e. The number of nitrogens with one attached hydrogen (secondary N) is 1. The molecule has 114 valence electrons. The lowest BCUT2D eigenvalue weighted by molar-refractivity contribution is -0.123. The van der Waals surface area contributed by atoms with E-state index >= 15 is 0 Å². The first-order valence-corrected chi connectivity index (χ1v) is 8.61. The Morgan fingerprint density at radius 3 is 2.41 bits per heavy atom. The van der Waals surface area contributed by atoms with E-state index in [2.05, 4.69) is 11.4 Å². The molecule has 2 aromatic rings. The summed E-state index contributed by atoms with van der Waals surface area (Å²) in [5.74, 6) is -0.0541. The van der Waals surface area contributed by atoms with Gasteiger partial charge in [-0.05, 0) is 54.8 Å². The van der Waals surface area contributed by atoms with Crippen LogP contribution in [0.25, 0.3) is 0 Å². The monoisotopic (exact) mass is 315 g/mol. The Balaban J connectivity index is 1.45. The van der Waals surface area contributed by atoms with Crippen LogP contribution in [0.5, 0.6) is 0 Å². The summed E-state index contributed by atoms with van der Waals surface area (Å²) in [6, 6.07) is 10.8. The van der Waals surface area contributed by atoms with Crippen molar-refractivity contribution in [3.8, 4) is 0 Å². The Bertz CT molecular complexity index is 684. The first-order valence-electron chi connectivity index (χ1n) is 7.73. The summed E-state index contributed by atoms with van der Waals surface area (Å²) in [6.07, 6.45) is 4.02. The van der Waals surface area contributed by atoms with Crippen molar-refractivity contribution >= 4 is 17.2 Å². The maximum absolute atomic E-state index is 13.1. The van der Waals surface area contributed by atoms with Crippen LogP contribution in [0, 0.1) is 5.82 Å². The molecule has 2 nitrogen and oxygen atoms in total. The summed E-state index contributed by atoms with van der Waals surface area (Å²) < 4.78 is 13.1. The normalized spacial score (nSPS) is 20.4. The average molecular weight is 315 g/mol. The smallest absolute Gasteiger partial charge is 0.231 e. The van der Waals surface area contributed by atoms with Crippen molar-refractivity contribution in [2.45, 2.75) is 36.5 Å². The summed E-state index contributed by atoms with van der Waals surface area (Å²) >= 11 is 1.67. The van der Waals surface area contributed by atoms with E-state index in [1.54, 1.807) is 11.3 Å². The summed E-state index contributed by atoms with van der Waals surface area (Å²) in [7, 11) is 0. The van der Waals surface area contributed by atoms with Gasteiger partial charge in [-0.3, -0.25) is 4.79 Å². The fraction of sp³-hybridized carbons (Fsp3) is 0.389. The van der Waals surface area contributed by atoms with Gasteiger partial charge in [0.2, 0.25) is 5.91 Å². The lowest BCUT2D eigenvalue weighted by Gasteiger charge is -2.19. The van der Waals surface area contributed by atoms with Crippen LogP contribution in [-0.2, 0) is 15.6 Å². The number of halogens is 1. The highest BCUT2D eigenvalue weighted by molar-refractivity contribution is 7.10. The molecule has 0 atom stereocenters. The van der Waals surface area contributed by atoms with Gasteiger partial charge in [-0.2, -0.15) is 0 Å². The number of rotatable bonds is 5. The van der Waals surface area contributed by atoms with E-state index in [-0.39, 0.29) is 22.6 Å². The van der Waals surface area contributed by atoms with E-state index in [0.29, 0.717) is 6.54 Å². The Hall–Kier alpha value is -1.68. The van der Waals surface area contributed by atoms with Crippen LogP contribution in [0.2, 0.25) is 0 Å². The van der Waals surface area contributed by atoms with E-state index in [9.17, 15) is 9.18 Å². The van der Waals surface area contributed by atoms with Crippen molar-refractivity contribution in [2.75, 3.05) is 6.54 Å². The Labute approximate surface area is 133 Å². The highest BCUT2D eigenvalue weighted by atomic mass is 32.1. The number of carbonyl (C=O) groups excluding carboxylic acids is 1. The quantitative estimate of drug-likeness (QED) is 0.894. The van der Waals surface area contributed by atoms with E-state index in [0.717, 1.165) is 31.2 Å². The van der Waals surface area contributed by atoms with E-state index in [1.807, 2.05) is 23.6 Å². The van der Waals surface area contributed by atoms with Gasteiger partial charge in [-0.25, -0.2) is 4.39 Å². The lowest BCUT2D eigenvalue weighted by atomic mass is 9.95. The van der Waals surface area contributed by atoms with Crippen LogP contribution in [-0.4, -0.2) is 12.5 Å². The molecule has 1 N–H and O–H groups in total. The molecule has 1 aromatic heterocycles. The maximum Gasteiger partial charge on any atom is 0.231 e. The molecular formula is C18H18FNOS. The second-order valence-electron chi connectivity index (χ2n) is 6.53. The van der Waals surface area contributed by atoms with Crippen molar-refractivity contribution in [1.29, 1.82) is 0 Å². The van der Waals surface area contributed by atoms with Crippen LogP contribution in [0.1, 0.15) is 36.1 Å². The molecule has 1 heterocycles. The Kier molecular flexibility index (Phi) is 3.12. The molecule has 1 aromatic carbocycles. The molecule has 4 rings (SSSR count). The predicted molar refractivity (Wildman–Crippen MR) is 85.6 cm³/mol. The van der Waals surface area contributed by atoms with E-state index < -0.39 is 0 Å². The summed E-state index contributed by atoms with van der Waals surface area (Å²) in [4.78, 5) is 13.8. The minimum absolute atomic E-state index is 0.0227. The second kappa shape index (κ2) is 4.92. The van der Waals surface area contributed by atoms with Gasteiger partial charge in [-0.15, -0.1) is 11.3 Å². The molecule has 1 amide bonds. The Morgan fingerprint density at radius 2 is 1.86 bits per heavy atom. The molecule has 0 bridgehead atoms. The summed E-state index contributed by atoms with van der Waals surface area (Å²) in [5.41, 5.74) is 0.886. The van der Waals surface area contributed by atoms with Crippen molar-refractivity contribution in [3.05, 3.63) is 58.0 Å². The number of amides is 1. The second-order valence-corrected chi connectivity index (χ2v) is 7.48. The summed E-state index contributed by atoms with van der Waals surface area (Å²) in [5, 5.41) is 5.19. The molecule has 4 heteroatoms. The molecule has 0 unspecified atom stereocenters. The van der Waals surface area contributed by atoms with E-state index in [4.69, 9.17) is 0 Å². The molecule has 2 fully saturated rings. The predicted octanol–water partition coefficient (Wildman–Crippen LogP) is 3.77. The van der Waals surface area contributed by atoms with Crippen molar-refractivity contribution in [1.82, 2.24) is 5.32 Å². The number of thiophene rings is 1. The fourth-order valence-corrected chi connectivity index (χ4v) is 4.19. The average Bonchev–Trinajstić information content (AvgIpc) is 3.45. The van der Waals surface area contributed by atoms with Crippen LogP contribution >= 0.6 is 11.3 Å². The molecule has 0 aliphatic heterocycles. The number of hydrogen-bond donors (Lipinski definition) is 1. The molecule has 0 saturated heterocycles. The number of hydrogen-bond acceptors (Lipinski definition) is 2. The third kappa shape index (κ3) is 2.26. The number of benzene rings is 1. The standard InChI is InChI=1S/C18H18FNOS/c19-14-5-3-13(4-6-14)17(7-8-17)12-20-16(21)18(9-10-18)15-2-1-11-22-15/h1-6,11H,7-10,12H2,(H,20,21). The van der Waals surface area contributed by atoms with Crippen molar-refractivity contribution in [2.24, 2.45) is 0 Å². The third-order valence-corrected chi connectivity index (χ3v) is 6.15. The fourth-order valence-electron chi connectivity index (χ4n) is 3.20. The van der Waals surface area contributed by atoms with Gasteiger partial charge in [0.15, 0.2) is 0 Å². The first-order chi connectivity index (χ1) is 10.6. The Morgan fingerprint density at radius 1 is 1.14 bits per heavy atom. The van der Waals surface area contributed by atoms with E-state index in [1.165, 1.54) is 17.0 Å². The summed E-state index contributed by atoms with van der Waals surface area (Å²) in [6.45, 7) is 0.657. The van der Waals surface area contributed by atoms with Gasteiger partial charge in [0.05, 0.1) is 5.41 Å². The zero-order chi connectivity index (χ0) is 15.2. The third-order valence-electron chi connectivity index (χ3n) is 5.07. The van der Waals surface area contributed by atoms with Crippen molar-refractivity contribution < 1.29 is 9.18 Å². The molecule has 2 aliphatic carbocycles. The lowest BCUT2D eigenvalue weighted by Crippen LogP contribution is -2.39. The molecule has 2 saturated carbocycles. The zero-order valence-corrected chi connectivity index (χ0v) is 13.1. The molecule has 22 heavy (non-hydrogen) atoms. The zero-order valence-electron chi connectivity index (χ0n) is 12.3. The highest BCUT2D eigenvalue weighted by Gasteiger charge is 2.53. The van der Waals surface area contributed by atoms with Gasteiger partial charge in [0.25, 0.3) is 0 Å².